The van der Waals surface area contributed by atoms with Gasteiger partial charge in [-0.1, -0.05) is 0 Å². The van der Waals surface area contributed by atoms with Crippen molar-refractivity contribution in [1.29, 1.82) is 0 Å². The van der Waals surface area contributed by atoms with Gasteiger partial charge < -0.3 is 9.73 Å². The number of hydrogen-bond acceptors (Lipinski definition) is 6. The minimum atomic E-state index is -3.85. The molecule has 0 radical (unpaired) electrons. The second-order valence-corrected chi connectivity index (χ2v) is 8.07. The molecule has 4 N–H and O–H groups in total. The summed E-state index contributed by atoms with van der Waals surface area (Å²) in [5.41, 5.74) is 0. The first-order valence-corrected chi connectivity index (χ1v) is 9.28. The zero-order valence-corrected chi connectivity index (χ0v) is 12.3. The monoisotopic (exact) mass is 323 g/mol. The Morgan fingerprint density at radius 2 is 1.95 bits per heavy atom. The topological polar surface area (TPSA) is 132 Å². The highest BCUT2D eigenvalue weighted by Gasteiger charge is 2.22. The summed E-state index contributed by atoms with van der Waals surface area (Å²) >= 11 is 0. The highest BCUT2D eigenvalue weighted by Crippen LogP contribution is 2.20. The Morgan fingerprint density at radius 1 is 1.25 bits per heavy atom. The van der Waals surface area contributed by atoms with Gasteiger partial charge in [-0.25, -0.2) is 26.7 Å². The lowest BCUT2D eigenvalue weighted by Gasteiger charge is -2.03. The van der Waals surface area contributed by atoms with Crippen LogP contribution in [-0.2, 0) is 26.6 Å². The molecular weight excluding hydrogens is 306 g/mol. The fourth-order valence-corrected chi connectivity index (χ4v) is 3.01. The maximum absolute atomic E-state index is 11.8. The summed E-state index contributed by atoms with van der Waals surface area (Å²) in [6, 6.07) is 3.40. The van der Waals surface area contributed by atoms with E-state index in [-0.39, 0.29) is 11.6 Å². The van der Waals surface area contributed by atoms with Crippen molar-refractivity contribution in [2.24, 2.45) is 5.14 Å². The van der Waals surface area contributed by atoms with Crippen molar-refractivity contribution < 1.29 is 21.3 Å². The van der Waals surface area contributed by atoms with Gasteiger partial charge in [0.1, 0.15) is 5.76 Å². The van der Waals surface area contributed by atoms with Gasteiger partial charge >= 0.3 is 0 Å². The Morgan fingerprint density at radius 3 is 2.55 bits per heavy atom. The number of hydrogen-bond donors (Lipinski definition) is 3. The van der Waals surface area contributed by atoms with E-state index in [9.17, 15) is 16.8 Å². The molecule has 10 heteroatoms. The Labute approximate surface area is 117 Å². The number of rotatable bonds is 8. The van der Waals surface area contributed by atoms with Crippen molar-refractivity contribution >= 4 is 20.0 Å². The maximum atomic E-state index is 11.8. The van der Waals surface area contributed by atoms with Gasteiger partial charge in [-0.2, -0.15) is 0 Å². The Bertz CT molecular complexity index is 661. The quantitative estimate of drug-likeness (QED) is 0.568. The molecule has 0 saturated heterocycles. The van der Waals surface area contributed by atoms with E-state index < -0.39 is 25.8 Å². The Hall–Kier alpha value is -0.940. The predicted octanol–water partition coefficient (Wildman–Crippen LogP) is -0.902. The average Bonchev–Trinajstić information content (AvgIpc) is 3.01. The first-order chi connectivity index (χ1) is 9.26. The van der Waals surface area contributed by atoms with Crippen molar-refractivity contribution in [3.8, 4) is 0 Å². The highest BCUT2D eigenvalue weighted by molar-refractivity contribution is 7.90. The molecule has 8 nitrogen and oxygen atoms in total. The van der Waals surface area contributed by atoms with Gasteiger partial charge in [0.2, 0.25) is 15.1 Å². The fourth-order valence-electron chi connectivity index (χ4n) is 1.52. The van der Waals surface area contributed by atoms with E-state index in [1.807, 2.05) is 0 Å². The molecule has 20 heavy (non-hydrogen) atoms. The molecule has 0 aromatic carbocycles. The Kier molecular flexibility index (Phi) is 4.49. The molecule has 1 heterocycles. The lowest BCUT2D eigenvalue weighted by atomic mass is 10.4. The summed E-state index contributed by atoms with van der Waals surface area (Å²) in [5.74, 6) is 0.0481. The van der Waals surface area contributed by atoms with Crippen molar-refractivity contribution in [1.82, 2.24) is 10.0 Å². The third kappa shape index (κ3) is 4.87. The summed E-state index contributed by atoms with van der Waals surface area (Å²) < 4.78 is 52.4. The standard InChI is InChI=1S/C10H17N3O5S2/c11-19(14,15)6-5-13-20(16,17)10-4-3-9(18-10)7-12-8-1-2-8/h3-4,8,12-13H,1-2,5-7H2,(H2,11,14,15). The van der Waals surface area contributed by atoms with E-state index in [2.05, 4.69) is 10.0 Å². The number of sulfonamides is 2. The van der Waals surface area contributed by atoms with Gasteiger partial charge in [0.25, 0.3) is 10.0 Å². The minimum Gasteiger partial charge on any atom is -0.447 e. The number of nitrogens with one attached hydrogen (secondary N) is 2. The van der Waals surface area contributed by atoms with Crippen molar-refractivity contribution in [3.05, 3.63) is 17.9 Å². The van der Waals surface area contributed by atoms with Crippen LogP contribution in [0.2, 0.25) is 0 Å². The highest BCUT2D eigenvalue weighted by atomic mass is 32.2. The minimum absolute atomic E-state index is 0.237. The molecule has 0 bridgehead atoms. The van der Waals surface area contributed by atoms with E-state index >= 15 is 0 Å². The van der Waals surface area contributed by atoms with Crippen molar-refractivity contribution in [2.45, 2.75) is 30.5 Å². The number of nitrogens with two attached hydrogens (primary N) is 1. The van der Waals surface area contributed by atoms with Crippen LogP contribution >= 0.6 is 0 Å². The van der Waals surface area contributed by atoms with Crippen LogP contribution in [0, 0.1) is 0 Å². The van der Waals surface area contributed by atoms with Gasteiger partial charge in [-0.3, -0.25) is 0 Å². The molecular formula is C10H17N3O5S2. The molecule has 0 aliphatic heterocycles. The lowest BCUT2D eigenvalue weighted by molar-refractivity contribution is 0.399. The molecule has 0 spiro atoms. The fraction of sp³-hybridized carbons (Fsp3) is 0.600. The van der Waals surface area contributed by atoms with Crippen LogP contribution in [0.25, 0.3) is 0 Å². The van der Waals surface area contributed by atoms with E-state index in [1.54, 1.807) is 6.07 Å². The van der Waals surface area contributed by atoms with E-state index in [4.69, 9.17) is 9.56 Å². The smallest absolute Gasteiger partial charge is 0.273 e. The summed E-state index contributed by atoms with van der Waals surface area (Å²) in [4.78, 5) is 0. The van der Waals surface area contributed by atoms with Gasteiger partial charge in [0, 0.05) is 12.6 Å². The molecule has 1 saturated carbocycles. The SMILES string of the molecule is NS(=O)(=O)CCNS(=O)(=O)c1ccc(CNC2CC2)o1. The van der Waals surface area contributed by atoms with Crippen molar-refractivity contribution in [3.63, 3.8) is 0 Å². The molecule has 2 rings (SSSR count). The molecule has 1 fully saturated rings. The maximum Gasteiger partial charge on any atom is 0.273 e. The first kappa shape index (κ1) is 15.4. The number of furan rings is 1. The summed E-state index contributed by atoms with van der Waals surface area (Å²) in [7, 11) is -7.55. The first-order valence-electron chi connectivity index (χ1n) is 6.08. The van der Waals surface area contributed by atoms with E-state index in [1.165, 1.54) is 6.07 Å². The van der Waals surface area contributed by atoms with E-state index in [0.717, 1.165) is 12.8 Å². The Balaban J connectivity index is 1.91. The zero-order valence-electron chi connectivity index (χ0n) is 10.7. The average molecular weight is 323 g/mol. The lowest BCUT2D eigenvalue weighted by Crippen LogP contribution is -2.31. The molecule has 1 aromatic rings. The largest absolute Gasteiger partial charge is 0.447 e. The molecule has 0 unspecified atom stereocenters. The summed E-state index contributed by atoms with van der Waals surface area (Å²) in [6.45, 7) is 0.175. The van der Waals surface area contributed by atoms with Gasteiger partial charge in [0.15, 0.2) is 0 Å². The summed E-state index contributed by atoms with van der Waals surface area (Å²) in [6.07, 6.45) is 2.25. The van der Waals surface area contributed by atoms with Gasteiger partial charge in [0.05, 0.1) is 12.3 Å². The van der Waals surface area contributed by atoms with Crippen LogP contribution in [0.4, 0.5) is 0 Å². The normalized spacial score (nSPS) is 16.4. The third-order valence-electron chi connectivity index (χ3n) is 2.72. The van der Waals surface area contributed by atoms with Crippen LogP contribution in [0.3, 0.4) is 0 Å². The van der Waals surface area contributed by atoms with Gasteiger partial charge in [-0.05, 0) is 25.0 Å². The second-order valence-electron chi connectivity index (χ2n) is 4.64. The molecule has 1 aromatic heterocycles. The molecule has 0 atom stereocenters. The molecule has 0 amide bonds. The van der Waals surface area contributed by atoms with Gasteiger partial charge in [-0.15, -0.1) is 0 Å². The second kappa shape index (κ2) is 5.82. The predicted molar refractivity (Wildman–Crippen MR) is 71.7 cm³/mol. The molecule has 114 valence electrons. The summed E-state index contributed by atoms with van der Waals surface area (Å²) in [5, 5.41) is 7.75. The van der Waals surface area contributed by atoms with Crippen LogP contribution < -0.4 is 15.2 Å². The van der Waals surface area contributed by atoms with E-state index in [0.29, 0.717) is 18.3 Å². The number of primary sulfonamides is 1. The zero-order chi connectivity index (χ0) is 14.8. The van der Waals surface area contributed by atoms with Crippen LogP contribution in [-0.4, -0.2) is 35.2 Å². The van der Waals surface area contributed by atoms with Crippen LogP contribution in [0.15, 0.2) is 21.6 Å². The van der Waals surface area contributed by atoms with Crippen molar-refractivity contribution in [2.75, 3.05) is 12.3 Å². The van der Waals surface area contributed by atoms with Crippen LogP contribution in [0.1, 0.15) is 18.6 Å². The third-order valence-corrected chi connectivity index (χ3v) is 4.83. The molecule has 1 aliphatic rings. The molecule has 1 aliphatic carbocycles. The van der Waals surface area contributed by atoms with Crippen LogP contribution in [0.5, 0.6) is 0 Å².